The zero-order valence-electron chi connectivity index (χ0n) is 8.62. The fourth-order valence-electron chi connectivity index (χ4n) is 0.898. The van der Waals surface area contributed by atoms with Gasteiger partial charge in [-0.3, -0.25) is 0 Å². The maximum atomic E-state index is 11.3. The first kappa shape index (κ1) is 14.3. The molecule has 4 nitrogen and oxygen atoms in total. The lowest BCUT2D eigenvalue weighted by Gasteiger charge is -2.10. The van der Waals surface area contributed by atoms with E-state index < -0.39 is 10.0 Å². The van der Waals surface area contributed by atoms with E-state index in [2.05, 4.69) is 27.6 Å². The van der Waals surface area contributed by atoms with Crippen molar-refractivity contribution in [2.45, 2.75) is 24.6 Å². The van der Waals surface area contributed by atoms with Crippen molar-refractivity contribution in [3.05, 3.63) is 0 Å². The van der Waals surface area contributed by atoms with Crippen LogP contribution in [0.2, 0.25) is 0 Å². The highest BCUT2D eigenvalue weighted by molar-refractivity contribution is 9.09. The Bertz CT molecular complexity index is 231. The van der Waals surface area contributed by atoms with Crippen molar-refractivity contribution in [1.82, 2.24) is 4.72 Å². The molecular weight excluding hydrogens is 270 g/mol. The van der Waals surface area contributed by atoms with Crippen LogP contribution in [0.5, 0.6) is 0 Å². The van der Waals surface area contributed by atoms with Crippen LogP contribution in [0.3, 0.4) is 0 Å². The first-order valence-corrected chi connectivity index (χ1v) is 7.19. The average molecular weight is 288 g/mol. The summed E-state index contributed by atoms with van der Waals surface area (Å²) in [5, 5.41) is 0. The first-order valence-electron chi connectivity index (χ1n) is 4.62. The van der Waals surface area contributed by atoms with E-state index in [1.165, 1.54) is 7.11 Å². The normalized spacial score (nSPS) is 14.2. The molecule has 0 aliphatic carbocycles. The van der Waals surface area contributed by atoms with Gasteiger partial charge in [0.05, 0.1) is 12.4 Å². The lowest BCUT2D eigenvalue weighted by Crippen LogP contribution is -2.32. The van der Waals surface area contributed by atoms with Crippen LogP contribution in [0.15, 0.2) is 0 Å². The molecule has 0 aliphatic rings. The minimum absolute atomic E-state index is 0.0232. The Balaban J connectivity index is 3.75. The van der Waals surface area contributed by atoms with Gasteiger partial charge in [0.25, 0.3) is 0 Å². The van der Waals surface area contributed by atoms with E-state index in [0.717, 1.165) is 12.8 Å². The number of hydrogen-bond donors (Lipinski definition) is 1. The summed E-state index contributed by atoms with van der Waals surface area (Å²) in [6.07, 6.45) is 2.00. The Kier molecular flexibility index (Phi) is 7.81. The van der Waals surface area contributed by atoms with Crippen LogP contribution in [0.1, 0.15) is 19.8 Å². The van der Waals surface area contributed by atoms with Gasteiger partial charge in [0, 0.05) is 18.5 Å². The molecule has 1 unspecified atom stereocenters. The molecule has 0 heterocycles. The fraction of sp³-hybridized carbons (Fsp3) is 1.00. The third-order valence-corrected chi connectivity index (χ3v) is 3.78. The number of ether oxygens (including phenoxy) is 1. The molecule has 0 fully saturated rings. The number of hydrogen-bond acceptors (Lipinski definition) is 3. The van der Waals surface area contributed by atoms with E-state index in [9.17, 15) is 8.42 Å². The third-order valence-electron chi connectivity index (χ3n) is 1.68. The van der Waals surface area contributed by atoms with E-state index in [1.54, 1.807) is 0 Å². The van der Waals surface area contributed by atoms with Gasteiger partial charge in [-0.15, -0.1) is 0 Å². The van der Waals surface area contributed by atoms with Gasteiger partial charge in [-0.1, -0.05) is 29.3 Å². The number of halogens is 1. The SMILES string of the molecule is CCCC(Br)CNS(=O)(=O)CCOC. The van der Waals surface area contributed by atoms with Crippen LogP contribution >= 0.6 is 15.9 Å². The molecule has 0 saturated heterocycles. The molecule has 0 aromatic rings. The molecule has 86 valence electrons. The second-order valence-electron chi connectivity index (χ2n) is 3.05. The monoisotopic (exact) mass is 287 g/mol. The molecule has 0 spiro atoms. The molecule has 1 atom stereocenters. The zero-order chi connectivity index (χ0) is 11.0. The molecule has 0 amide bonds. The smallest absolute Gasteiger partial charge is 0.213 e. The minimum Gasteiger partial charge on any atom is -0.384 e. The Hall–Kier alpha value is 0.350. The van der Waals surface area contributed by atoms with Crippen LogP contribution in [-0.2, 0) is 14.8 Å². The van der Waals surface area contributed by atoms with E-state index >= 15 is 0 Å². The summed E-state index contributed by atoms with van der Waals surface area (Å²) in [5.41, 5.74) is 0. The minimum atomic E-state index is -3.16. The van der Waals surface area contributed by atoms with Gasteiger partial charge in [0.2, 0.25) is 10.0 Å². The van der Waals surface area contributed by atoms with Crippen LogP contribution in [0.4, 0.5) is 0 Å². The molecule has 0 aromatic heterocycles. The standard InChI is InChI=1S/C8H18BrNO3S/c1-3-4-8(9)7-10-14(11,12)6-5-13-2/h8,10H,3-7H2,1-2H3. The molecule has 0 saturated carbocycles. The van der Waals surface area contributed by atoms with Crippen molar-refractivity contribution < 1.29 is 13.2 Å². The molecule has 0 aliphatic heterocycles. The number of methoxy groups -OCH3 is 1. The second-order valence-corrected chi connectivity index (χ2v) is 6.27. The predicted molar refractivity (Wildman–Crippen MR) is 61.3 cm³/mol. The lowest BCUT2D eigenvalue weighted by molar-refractivity contribution is 0.217. The summed E-state index contributed by atoms with van der Waals surface area (Å²) < 4.78 is 29.8. The molecule has 1 N–H and O–H groups in total. The quantitative estimate of drug-likeness (QED) is 0.681. The van der Waals surface area contributed by atoms with Gasteiger partial charge >= 0.3 is 0 Å². The van der Waals surface area contributed by atoms with Crippen molar-refractivity contribution in [3.63, 3.8) is 0 Å². The molecule has 0 aromatic carbocycles. The molecule has 0 bridgehead atoms. The van der Waals surface area contributed by atoms with Crippen molar-refractivity contribution in [2.75, 3.05) is 26.0 Å². The van der Waals surface area contributed by atoms with E-state index in [-0.39, 0.29) is 17.2 Å². The topological polar surface area (TPSA) is 55.4 Å². The van der Waals surface area contributed by atoms with Crippen LogP contribution in [0.25, 0.3) is 0 Å². The second kappa shape index (κ2) is 7.62. The highest BCUT2D eigenvalue weighted by Crippen LogP contribution is 2.06. The predicted octanol–water partition coefficient (Wildman–Crippen LogP) is 1.12. The van der Waals surface area contributed by atoms with Crippen molar-refractivity contribution in [2.24, 2.45) is 0 Å². The summed E-state index contributed by atoms with van der Waals surface area (Å²) in [4.78, 5) is 0.213. The van der Waals surface area contributed by atoms with Gasteiger partial charge in [0.15, 0.2) is 0 Å². The Morgan fingerprint density at radius 1 is 1.50 bits per heavy atom. The third kappa shape index (κ3) is 7.73. The van der Waals surface area contributed by atoms with Crippen molar-refractivity contribution >= 4 is 26.0 Å². The maximum Gasteiger partial charge on any atom is 0.213 e. The van der Waals surface area contributed by atoms with Crippen LogP contribution in [0, 0.1) is 0 Å². The number of rotatable bonds is 8. The summed E-state index contributed by atoms with van der Waals surface area (Å²) in [5.74, 6) is 0.0232. The molecule has 0 radical (unpaired) electrons. The van der Waals surface area contributed by atoms with Gasteiger partial charge in [-0.25, -0.2) is 13.1 Å². The largest absolute Gasteiger partial charge is 0.384 e. The van der Waals surface area contributed by atoms with Gasteiger partial charge in [-0.05, 0) is 6.42 Å². The van der Waals surface area contributed by atoms with Gasteiger partial charge in [-0.2, -0.15) is 0 Å². The first-order chi connectivity index (χ1) is 6.52. The molecule has 14 heavy (non-hydrogen) atoms. The molecular formula is C8H18BrNO3S. The van der Waals surface area contributed by atoms with Crippen LogP contribution < -0.4 is 4.72 Å². The number of nitrogens with one attached hydrogen (secondary N) is 1. The fourth-order valence-corrected chi connectivity index (χ4v) is 2.72. The Morgan fingerprint density at radius 3 is 2.64 bits per heavy atom. The van der Waals surface area contributed by atoms with Crippen LogP contribution in [-0.4, -0.2) is 39.3 Å². The highest BCUT2D eigenvalue weighted by Gasteiger charge is 2.11. The summed E-state index contributed by atoms with van der Waals surface area (Å²) >= 11 is 3.40. The van der Waals surface area contributed by atoms with Crippen molar-refractivity contribution in [3.8, 4) is 0 Å². The summed E-state index contributed by atoms with van der Waals surface area (Å²) in [6.45, 7) is 2.74. The number of sulfonamides is 1. The summed E-state index contributed by atoms with van der Waals surface area (Å²) in [7, 11) is -1.68. The Morgan fingerprint density at radius 2 is 2.14 bits per heavy atom. The molecule has 6 heteroatoms. The van der Waals surface area contributed by atoms with Crippen molar-refractivity contribution in [1.29, 1.82) is 0 Å². The van der Waals surface area contributed by atoms with E-state index in [4.69, 9.17) is 4.74 Å². The maximum absolute atomic E-state index is 11.3. The number of alkyl halides is 1. The highest BCUT2D eigenvalue weighted by atomic mass is 79.9. The average Bonchev–Trinajstić information content (AvgIpc) is 2.13. The van der Waals surface area contributed by atoms with E-state index in [1.807, 2.05) is 0 Å². The zero-order valence-corrected chi connectivity index (χ0v) is 11.0. The summed E-state index contributed by atoms with van der Waals surface area (Å²) in [6, 6.07) is 0. The van der Waals surface area contributed by atoms with E-state index in [0.29, 0.717) is 6.54 Å². The molecule has 0 rings (SSSR count). The lowest BCUT2D eigenvalue weighted by atomic mass is 10.2. The van der Waals surface area contributed by atoms with Gasteiger partial charge in [0.1, 0.15) is 0 Å². The Labute approximate surface area is 94.6 Å². The van der Waals surface area contributed by atoms with Gasteiger partial charge < -0.3 is 4.74 Å².